The van der Waals surface area contributed by atoms with Crippen LogP contribution in [0.25, 0.3) is 0 Å². The minimum absolute atomic E-state index is 0.00806. The van der Waals surface area contributed by atoms with E-state index in [0.29, 0.717) is 6.54 Å². The smallest absolute Gasteiger partial charge is 0.283 e. The number of carbonyl (C=O) groups is 1. The molecule has 1 unspecified atom stereocenters. The Morgan fingerprint density at radius 2 is 1.86 bits per heavy atom. The van der Waals surface area contributed by atoms with Crippen LogP contribution in [0, 0.1) is 10.1 Å². The highest BCUT2D eigenvalue weighted by atomic mass is 35.5. The molecular weight excluding hydrogens is 380 g/mol. The Labute approximate surface area is 169 Å². The summed E-state index contributed by atoms with van der Waals surface area (Å²) in [7, 11) is 2.09. The number of benzene rings is 2. The molecule has 1 heterocycles. The monoisotopic (exact) mass is 402 g/mol. The lowest BCUT2D eigenvalue weighted by Gasteiger charge is -2.35. The van der Waals surface area contributed by atoms with E-state index in [4.69, 9.17) is 11.6 Å². The Bertz CT molecular complexity index is 839. The zero-order valence-electron chi connectivity index (χ0n) is 15.7. The van der Waals surface area contributed by atoms with Gasteiger partial charge < -0.3 is 10.2 Å². The number of nitro benzene ring substituents is 1. The molecule has 0 aromatic heterocycles. The Morgan fingerprint density at radius 3 is 2.50 bits per heavy atom. The van der Waals surface area contributed by atoms with Crippen LogP contribution >= 0.6 is 11.6 Å². The molecule has 0 bridgehead atoms. The fourth-order valence-corrected chi connectivity index (χ4v) is 3.46. The van der Waals surface area contributed by atoms with Crippen molar-refractivity contribution in [2.75, 3.05) is 39.8 Å². The second-order valence-corrected chi connectivity index (χ2v) is 7.40. The van der Waals surface area contributed by atoms with E-state index in [9.17, 15) is 14.9 Å². The highest BCUT2D eigenvalue weighted by Gasteiger charge is 2.25. The van der Waals surface area contributed by atoms with Gasteiger partial charge in [0.1, 0.15) is 5.56 Å². The predicted octanol–water partition coefficient (Wildman–Crippen LogP) is 2.97. The Kier molecular flexibility index (Phi) is 6.61. The maximum absolute atomic E-state index is 12.9. The zero-order chi connectivity index (χ0) is 20.1. The molecule has 1 aliphatic heterocycles. The van der Waals surface area contributed by atoms with Crippen molar-refractivity contribution in [2.24, 2.45) is 0 Å². The largest absolute Gasteiger partial charge is 0.344 e. The van der Waals surface area contributed by atoms with E-state index < -0.39 is 10.8 Å². The van der Waals surface area contributed by atoms with Gasteiger partial charge in [0.25, 0.3) is 11.6 Å². The van der Waals surface area contributed by atoms with Crippen molar-refractivity contribution in [2.45, 2.75) is 6.04 Å². The van der Waals surface area contributed by atoms with Gasteiger partial charge >= 0.3 is 0 Å². The van der Waals surface area contributed by atoms with Crippen LogP contribution in [-0.4, -0.2) is 60.4 Å². The molecule has 1 atom stereocenters. The van der Waals surface area contributed by atoms with E-state index in [1.54, 1.807) is 0 Å². The van der Waals surface area contributed by atoms with Crippen LogP contribution in [0.1, 0.15) is 22.0 Å². The maximum Gasteiger partial charge on any atom is 0.283 e. The van der Waals surface area contributed by atoms with E-state index in [0.717, 1.165) is 31.7 Å². The van der Waals surface area contributed by atoms with E-state index >= 15 is 0 Å². The molecule has 8 heteroatoms. The van der Waals surface area contributed by atoms with Gasteiger partial charge in [-0.1, -0.05) is 41.9 Å². The van der Waals surface area contributed by atoms with Crippen LogP contribution in [0.3, 0.4) is 0 Å². The van der Waals surface area contributed by atoms with Gasteiger partial charge in [0.15, 0.2) is 0 Å². The van der Waals surface area contributed by atoms with Crippen molar-refractivity contribution in [3.8, 4) is 0 Å². The summed E-state index contributed by atoms with van der Waals surface area (Å²) in [5, 5.41) is 14.5. The number of rotatable bonds is 6. The molecule has 0 saturated carbocycles. The summed E-state index contributed by atoms with van der Waals surface area (Å²) in [6.45, 7) is 4.41. The van der Waals surface area contributed by atoms with E-state index in [1.165, 1.54) is 18.2 Å². The minimum atomic E-state index is -0.585. The van der Waals surface area contributed by atoms with Crippen LogP contribution in [0.15, 0.2) is 48.5 Å². The number of hydrogen-bond donors (Lipinski definition) is 1. The lowest BCUT2D eigenvalue weighted by Crippen LogP contribution is -2.47. The maximum atomic E-state index is 12.9. The summed E-state index contributed by atoms with van der Waals surface area (Å²) in [5.74, 6) is -0.480. The molecule has 28 heavy (non-hydrogen) atoms. The molecule has 7 nitrogen and oxygen atoms in total. The molecule has 1 N–H and O–H groups in total. The highest BCUT2D eigenvalue weighted by Crippen LogP contribution is 2.24. The van der Waals surface area contributed by atoms with Crippen molar-refractivity contribution in [3.05, 3.63) is 74.8 Å². The van der Waals surface area contributed by atoms with E-state index in [-0.39, 0.29) is 22.3 Å². The molecule has 0 spiro atoms. The average Bonchev–Trinajstić information content (AvgIpc) is 2.69. The molecule has 1 amide bonds. The first-order valence-electron chi connectivity index (χ1n) is 9.14. The van der Waals surface area contributed by atoms with Gasteiger partial charge in [0, 0.05) is 43.8 Å². The zero-order valence-corrected chi connectivity index (χ0v) is 16.4. The molecule has 2 aromatic rings. The third kappa shape index (κ3) is 5.07. The van der Waals surface area contributed by atoms with Crippen molar-refractivity contribution in [1.29, 1.82) is 0 Å². The summed E-state index contributed by atoms with van der Waals surface area (Å²) >= 11 is 5.86. The number of nitrogens with zero attached hydrogens (tertiary/aromatic N) is 3. The quantitative estimate of drug-likeness (QED) is 0.593. The van der Waals surface area contributed by atoms with Crippen molar-refractivity contribution in [1.82, 2.24) is 15.1 Å². The highest BCUT2D eigenvalue weighted by molar-refractivity contribution is 6.31. The van der Waals surface area contributed by atoms with Crippen molar-refractivity contribution >= 4 is 23.2 Å². The number of carbonyl (C=O) groups excluding carboxylic acids is 1. The summed E-state index contributed by atoms with van der Waals surface area (Å²) in [4.78, 5) is 28.2. The topological polar surface area (TPSA) is 78.7 Å². The second kappa shape index (κ2) is 9.14. The SMILES string of the molecule is CN1CCN(CC(NC(=O)c2ccc(Cl)cc2[N+](=O)[O-])c2ccccc2)CC1. The molecule has 2 aromatic carbocycles. The summed E-state index contributed by atoms with van der Waals surface area (Å²) in [6.07, 6.45) is 0. The molecule has 1 fully saturated rings. The molecule has 1 aliphatic rings. The minimum Gasteiger partial charge on any atom is -0.344 e. The molecule has 0 radical (unpaired) electrons. The fourth-order valence-electron chi connectivity index (χ4n) is 3.29. The third-order valence-electron chi connectivity index (χ3n) is 4.95. The van der Waals surface area contributed by atoms with Gasteiger partial charge in [-0.05, 0) is 24.7 Å². The summed E-state index contributed by atoms with van der Waals surface area (Å²) in [5.41, 5.74) is 0.677. The Hall–Kier alpha value is -2.48. The number of halogens is 1. The molecular formula is C20H23ClN4O3. The van der Waals surface area contributed by atoms with Gasteiger partial charge in [0.05, 0.1) is 11.0 Å². The normalized spacial score (nSPS) is 16.5. The lowest BCUT2D eigenvalue weighted by atomic mass is 10.0. The number of nitrogens with one attached hydrogen (secondary N) is 1. The molecule has 1 saturated heterocycles. The van der Waals surface area contributed by atoms with Gasteiger partial charge in [0.2, 0.25) is 0 Å². The first kappa shape index (κ1) is 20.3. The number of amides is 1. The number of nitro groups is 1. The second-order valence-electron chi connectivity index (χ2n) is 6.96. The summed E-state index contributed by atoms with van der Waals surface area (Å²) < 4.78 is 0. The van der Waals surface area contributed by atoms with Crippen molar-refractivity contribution < 1.29 is 9.72 Å². The third-order valence-corrected chi connectivity index (χ3v) is 5.18. The van der Waals surface area contributed by atoms with E-state index in [2.05, 4.69) is 22.2 Å². The van der Waals surface area contributed by atoms with Crippen LogP contribution in [-0.2, 0) is 0 Å². The van der Waals surface area contributed by atoms with E-state index in [1.807, 2.05) is 30.3 Å². The molecule has 3 rings (SSSR count). The predicted molar refractivity (Wildman–Crippen MR) is 109 cm³/mol. The fraction of sp³-hybridized carbons (Fsp3) is 0.350. The van der Waals surface area contributed by atoms with Crippen LogP contribution in [0.5, 0.6) is 0 Å². The van der Waals surface area contributed by atoms with Crippen LogP contribution in [0.2, 0.25) is 5.02 Å². The van der Waals surface area contributed by atoms with Crippen LogP contribution in [0.4, 0.5) is 5.69 Å². The number of likely N-dealkylation sites (N-methyl/N-ethyl adjacent to an activating group) is 1. The Morgan fingerprint density at radius 1 is 1.18 bits per heavy atom. The van der Waals surface area contributed by atoms with Gasteiger partial charge in [-0.25, -0.2) is 0 Å². The number of piperazine rings is 1. The van der Waals surface area contributed by atoms with Crippen molar-refractivity contribution in [3.63, 3.8) is 0 Å². The van der Waals surface area contributed by atoms with Gasteiger partial charge in [-0.2, -0.15) is 0 Å². The average molecular weight is 403 g/mol. The summed E-state index contributed by atoms with van der Waals surface area (Å²) in [6, 6.07) is 13.5. The lowest BCUT2D eigenvalue weighted by molar-refractivity contribution is -0.385. The standard InChI is InChI=1S/C20H23ClN4O3/c1-23-9-11-24(12-10-23)14-18(15-5-3-2-4-6-15)22-20(26)17-8-7-16(21)13-19(17)25(27)28/h2-8,13,18H,9-12,14H2,1H3,(H,22,26). The van der Waals surface area contributed by atoms with Gasteiger partial charge in [-0.15, -0.1) is 0 Å². The Balaban J connectivity index is 1.81. The first-order chi connectivity index (χ1) is 13.4. The number of hydrogen-bond acceptors (Lipinski definition) is 5. The first-order valence-corrected chi connectivity index (χ1v) is 9.52. The van der Waals surface area contributed by atoms with Crippen LogP contribution < -0.4 is 5.32 Å². The van der Waals surface area contributed by atoms with Gasteiger partial charge in [-0.3, -0.25) is 19.8 Å². The molecule has 148 valence electrons. The molecule has 0 aliphatic carbocycles.